The van der Waals surface area contributed by atoms with E-state index in [0.717, 1.165) is 12.0 Å². The van der Waals surface area contributed by atoms with E-state index in [9.17, 15) is 9.59 Å². The third-order valence-electron chi connectivity index (χ3n) is 3.43. The van der Waals surface area contributed by atoms with Gasteiger partial charge < -0.3 is 19.6 Å². The van der Waals surface area contributed by atoms with E-state index >= 15 is 0 Å². The van der Waals surface area contributed by atoms with Crippen molar-refractivity contribution in [2.75, 3.05) is 13.2 Å². The van der Waals surface area contributed by atoms with Gasteiger partial charge >= 0.3 is 5.97 Å². The summed E-state index contributed by atoms with van der Waals surface area (Å²) in [6, 6.07) is 9.01. The van der Waals surface area contributed by atoms with Gasteiger partial charge in [-0.15, -0.1) is 0 Å². The summed E-state index contributed by atoms with van der Waals surface area (Å²) in [5.74, 6) is -0.917. The normalized spacial score (nSPS) is 11.1. The highest BCUT2D eigenvalue weighted by Crippen LogP contribution is 2.25. The van der Waals surface area contributed by atoms with Crippen LogP contribution in [0.2, 0.25) is 0 Å². The van der Waals surface area contributed by atoms with E-state index in [1.165, 1.54) is 11.6 Å². The number of rotatable bonds is 6. The van der Waals surface area contributed by atoms with Crippen LogP contribution in [0, 0.1) is 0 Å². The van der Waals surface area contributed by atoms with Crippen molar-refractivity contribution in [2.45, 2.75) is 26.2 Å². The second-order valence-electron chi connectivity index (χ2n) is 6.39. The molecule has 0 aliphatic heterocycles. The molecule has 0 radical (unpaired) electrons. The molecule has 0 saturated carbocycles. The summed E-state index contributed by atoms with van der Waals surface area (Å²) in [6.07, 6.45) is 1.03. The maximum absolute atomic E-state index is 11.8. The molecule has 1 aromatic carbocycles. The van der Waals surface area contributed by atoms with Crippen molar-refractivity contribution in [1.29, 1.82) is 0 Å². The van der Waals surface area contributed by atoms with Crippen LogP contribution in [-0.2, 0) is 5.41 Å². The van der Waals surface area contributed by atoms with Crippen LogP contribution >= 0.6 is 0 Å². The Morgan fingerprint density at radius 2 is 2.00 bits per heavy atom. The monoisotopic (exact) mass is 331 g/mol. The van der Waals surface area contributed by atoms with Gasteiger partial charge in [0.05, 0.1) is 12.1 Å². The van der Waals surface area contributed by atoms with Crippen LogP contribution in [0.5, 0.6) is 5.75 Å². The number of aromatic carboxylic acids is 1. The van der Waals surface area contributed by atoms with Gasteiger partial charge in [-0.05, 0) is 23.1 Å². The van der Waals surface area contributed by atoms with Crippen molar-refractivity contribution in [3.05, 3.63) is 53.5 Å². The van der Waals surface area contributed by atoms with Crippen LogP contribution < -0.4 is 10.1 Å². The molecule has 0 fully saturated rings. The maximum Gasteiger partial charge on any atom is 0.338 e. The summed E-state index contributed by atoms with van der Waals surface area (Å²) in [6.45, 7) is 6.96. The van der Waals surface area contributed by atoms with Gasteiger partial charge in [0.25, 0.3) is 5.91 Å². The van der Waals surface area contributed by atoms with Crippen molar-refractivity contribution >= 4 is 11.9 Å². The number of furan rings is 1. The molecule has 6 nitrogen and oxygen atoms in total. The van der Waals surface area contributed by atoms with Gasteiger partial charge in [-0.3, -0.25) is 4.79 Å². The number of carboxylic acid groups (broad SMARTS) is 1. The average Bonchev–Trinajstić information content (AvgIpc) is 3.01. The van der Waals surface area contributed by atoms with Gasteiger partial charge in [0.2, 0.25) is 0 Å². The van der Waals surface area contributed by atoms with E-state index in [1.54, 1.807) is 0 Å². The molecule has 0 aliphatic rings. The number of nitrogens with one attached hydrogen (secondary N) is 1. The minimum atomic E-state index is -1.14. The lowest BCUT2D eigenvalue weighted by molar-refractivity contribution is 0.0696. The quantitative estimate of drug-likeness (QED) is 0.794. The Balaban J connectivity index is 1.82. The number of carbonyl (C=O) groups is 2. The van der Waals surface area contributed by atoms with Crippen LogP contribution in [0.25, 0.3) is 0 Å². The molecule has 0 aliphatic carbocycles. The first-order chi connectivity index (χ1) is 11.3. The molecule has 2 aromatic rings. The zero-order valence-electron chi connectivity index (χ0n) is 14.0. The zero-order chi connectivity index (χ0) is 17.7. The van der Waals surface area contributed by atoms with Gasteiger partial charge in [0.1, 0.15) is 18.6 Å². The lowest BCUT2D eigenvalue weighted by Gasteiger charge is -2.19. The zero-order valence-corrected chi connectivity index (χ0v) is 14.0. The summed E-state index contributed by atoms with van der Waals surface area (Å²) >= 11 is 0. The molecule has 0 saturated heterocycles. The van der Waals surface area contributed by atoms with Gasteiger partial charge in [0, 0.05) is 6.07 Å². The third-order valence-corrected chi connectivity index (χ3v) is 3.43. The molecular weight excluding hydrogens is 310 g/mol. The number of ether oxygens (including phenoxy) is 1. The van der Waals surface area contributed by atoms with Gasteiger partial charge in [-0.1, -0.05) is 32.9 Å². The predicted octanol–water partition coefficient (Wildman–Crippen LogP) is 3.08. The highest BCUT2D eigenvalue weighted by molar-refractivity contribution is 5.95. The number of amides is 1. The fraction of sp³-hybridized carbons (Fsp3) is 0.333. The number of carbonyl (C=O) groups excluding carboxylic acids is 1. The number of carboxylic acids is 1. The number of hydrogen-bond donors (Lipinski definition) is 2. The molecule has 0 bridgehead atoms. The largest absolute Gasteiger partial charge is 0.492 e. The van der Waals surface area contributed by atoms with E-state index in [1.807, 2.05) is 24.3 Å². The Morgan fingerprint density at radius 3 is 2.62 bits per heavy atom. The highest BCUT2D eigenvalue weighted by Gasteiger charge is 2.15. The molecule has 0 unspecified atom stereocenters. The van der Waals surface area contributed by atoms with E-state index < -0.39 is 11.9 Å². The van der Waals surface area contributed by atoms with Crippen molar-refractivity contribution in [2.24, 2.45) is 0 Å². The average molecular weight is 331 g/mol. The third kappa shape index (κ3) is 4.62. The highest BCUT2D eigenvalue weighted by atomic mass is 16.5. The topological polar surface area (TPSA) is 88.8 Å². The second kappa shape index (κ2) is 7.21. The standard InChI is InChI=1S/C18H21NO5/c1-18(2,3)13-5-4-6-14(10-13)23-8-7-19-16(20)15-9-12(11-24-15)17(21)22/h4-6,9-11H,7-8H2,1-3H3,(H,19,20)(H,21,22). The Morgan fingerprint density at radius 1 is 1.25 bits per heavy atom. The maximum atomic E-state index is 11.8. The Labute approximate surface area is 140 Å². The van der Waals surface area contributed by atoms with Crippen LogP contribution in [0.3, 0.4) is 0 Å². The van der Waals surface area contributed by atoms with E-state index in [0.29, 0.717) is 6.61 Å². The van der Waals surface area contributed by atoms with Gasteiger partial charge in [-0.25, -0.2) is 4.79 Å². The smallest absolute Gasteiger partial charge is 0.338 e. The lowest BCUT2D eigenvalue weighted by atomic mass is 9.87. The van der Waals surface area contributed by atoms with Crippen molar-refractivity contribution in [3.8, 4) is 5.75 Å². The SMILES string of the molecule is CC(C)(C)c1cccc(OCCNC(=O)c2cc(C(=O)O)co2)c1. The Hall–Kier alpha value is -2.76. The van der Waals surface area contributed by atoms with Crippen LogP contribution in [0.1, 0.15) is 47.2 Å². The van der Waals surface area contributed by atoms with Crippen LogP contribution in [-0.4, -0.2) is 30.1 Å². The number of benzene rings is 1. The summed E-state index contributed by atoms with van der Waals surface area (Å²) < 4.78 is 10.6. The summed E-state index contributed by atoms with van der Waals surface area (Å²) in [4.78, 5) is 22.6. The fourth-order valence-corrected chi connectivity index (χ4v) is 2.04. The summed E-state index contributed by atoms with van der Waals surface area (Å²) in [5.41, 5.74) is 1.14. The molecule has 2 N–H and O–H groups in total. The molecule has 1 amide bonds. The van der Waals surface area contributed by atoms with E-state index in [2.05, 4.69) is 26.1 Å². The fourth-order valence-electron chi connectivity index (χ4n) is 2.04. The molecule has 2 rings (SSSR count). The minimum absolute atomic E-state index is 0.0364. The Kier molecular flexibility index (Phi) is 5.28. The molecular formula is C18H21NO5. The molecule has 128 valence electrons. The van der Waals surface area contributed by atoms with Crippen molar-refractivity contribution in [3.63, 3.8) is 0 Å². The first-order valence-electron chi connectivity index (χ1n) is 7.61. The lowest BCUT2D eigenvalue weighted by Crippen LogP contribution is -2.27. The van der Waals surface area contributed by atoms with Crippen LogP contribution in [0.15, 0.2) is 41.0 Å². The molecule has 1 aromatic heterocycles. The van der Waals surface area contributed by atoms with Crippen molar-refractivity contribution < 1.29 is 23.8 Å². The van der Waals surface area contributed by atoms with Crippen molar-refractivity contribution in [1.82, 2.24) is 5.32 Å². The predicted molar refractivity (Wildman–Crippen MR) is 88.6 cm³/mol. The van der Waals surface area contributed by atoms with Gasteiger partial charge in [0.15, 0.2) is 5.76 Å². The van der Waals surface area contributed by atoms with Crippen LogP contribution in [0.4, 0.5) is 0 Å². The first-order valence-corrected chi connectivity index (χ1v) is 7.61. The molecule has 1 heterocycles. The molecule has 6 heteroatoms. The number of hydrogen-bond acceptors (Lipinski definition) is 4. The summed E-state index contributed by atoms with van der Waals surface area (Å²) in [5, 5.41) is 11.4. The summed E-state index contributed by atoms with van der Waals surface area (Å²) in [7, 11) is 0. The Bertz CT molecular complexity index is 727. The van der Waals surface area contributed by atoms with E-state index in [4.69, 9.17) is 14.3 Å². The van der Waals surface area contributed by atoms with Gasteiger partial charge in [-0.2, -0.15) is 0 Å². The minimum Gasteiger partial charge on any atom is -0.492 e. The molecule has 0 atom stereocenters. The van der Waals surface area contributed by atoms with E-state index in [-0.39, 0.29) is 23.3 Å². The molecule has 24 heavy (non-hydrogen) atoms. The first kappa shape index (κ1) is 17.6. The molecule has 0 spiro atoms. The second-order valence-corrected chi connectivity index (χ2v) is 6.39.